The van der Waals surface area contributed by atoms with Gasteiger partial charge in [-0.1, -0.05) is 20.3 Å². The first-order chi connectivity index (χ1) is 14.6. The number of imidazole rings is 1. The first-order valence-corrected chi connectivity index (χ1v) is 11.1. The van der Waals surface area contributed by atoms with Crippen molar-refractivity contribution in [2.75, 3.05) is 13.1 Å². The molecule has 0 radical (unpaired) electrons. The zero-order chi connectivity index (χ0) is 23.2. The number of rotatable bonds is 3. The van der Waals surface area contributed by atoms with Crippen LogP contribution < -0.4 is 5.32 Å². The third-order valence-corrected chi connectivity index (χ3v) is 4.97. The maximum atomic E-state index is 13.2. The average molecular weight is 497 g/mol. The quantitative estimate of drug-likeness (QED) is 0.665. The van der Waals surface area contributed by atoms with Gasteiger partial charge in [0.1, 0.15) is 34.1 Å². The second kappa shape index (κ2) is 10.7. The molecule has 170 valence electrons. The predicted molar refractivity (Wildman–Crippen MR) is 121 cm³/mol. The van der Waals surface area contributed by atoms with Gasteiger partial charge in [-0.15, -0.1) is 0 Å². The van der Waals surface area contributed by atoms with Crippen LogP contribution in [0, 0.1) is 5.82 Å². The van der Waals surface area contributed by atoms with Crippen molar-refractivity contribution in [3.63, 3.8) is 0 Å². The van der Waals surface area contributed by atoms with Gasteiger partial charge in [-0.2, -0.15) is 0 Å². The lowest BCUT2D eigenvalue weighted by molar-refractivity contribution is -0.131. The van der Waals surface area contributed by atoms with Crippen molar-refractivity contribution >= 4 is 27.9 Å². The monoisotopic (exact) mass is 496 g/mol. The van der Waals surface area contributed by atoms with Crippen molar-refractivity contribution in [2.24, 2.45) is 0 Å². The van der Waals surface area contributed by atoms with Gasteiger partial charge in [-0.05, 0) is 61.0 Å². The summed E-state index contributed by atoms with van der Waals surface area (Å²) < 4.78 is 21.1. The van der Waals surface area contributed by atoms with Crippen LogP contribution >= 0.6 is 15.9 Å². The van der Waals surface area contributed by atoms with Crippen LogP contribution in [0.2, 0.25) is 0 Å². The summed E-state index contributed by atoms with van der Waals surface area (Å²) in [6.07, 6.45) is 0.626. The summed E-state index contributed by atoms with van der Waals surface area (Å²) in [4.78, 5) is 30.4. The number of hydrogen-bond donors (Lipinski definition) is 1. The Morgan fingerprint density at radius 1 is 1.19 bits per heavy atom. The molecule has 0 saturated heterocycles. The molecule has 1 aliphatic heterocycles. The molecule has 2 heterocycles. The molecule has 0 bridgehead atoms. The number of carbonyl (C=O) groups is 2. The molecule has 3 rings (SSSR count). The fourth-order valence-electron chi connectivity index (χ4n) is 2.87. The number of nitrogens with one attached hydrogen (secondary N) is 1. The van der Waals surface area contributed by atoms with E-state index in [0.717, 1.165) is 16.0 Å². The number of benzene rings is 1. The van der Waals surface area contributed by atoms with Crippen LogP contribution in [0.3, 0.4) is 0 Å². The van der Waals surface area contributed by atoms with E-state index in [-0.39, 0.29) is 18.3 Å². The van der Waals surface area contributed by atoms with Gasteiger partial charge in [0.05, 0.1) is 6.54 Å². The minimum absolute atomic E-state index is 0.137. The molecule has 7 nitrogen and oxygen atoms in total. The lowest BCUT2D eigenvalue weighted by Crippen LogP contribution is -2.44. The minimum Gasteiger partial charge on any atom is -0.444 e. The molecule has 9 heteroatoms. The Hall–Kier alpha value is -2.42. The second-order valence-corrected chi connectivity index (χ2v) is 8.95. The van der Waals surface area contributed by atoms with Gasteiger partial charge in [0, 0.05) is 18.7 Å². The molecule has 0 saturated carbocycles. The number of nitrogens with zero attached hydrogens (tertiary/aromatic N) is 3. The third kappa shape index (κ3) is 7.05. The summed E-state index contributed by atoms with van der Waals surface area (Å²) in [6, 6.07) is 6.11. The van der Waals surface area contributed by atoms with E-state index in [1.165, 1.54) is 18.6 Å². The Labute approximate surface area is 191 Å². The van der Waals surface area contributed by atoms with E-state index in [1.807, 2.05) is 4.57 Å². The number of fused-ring (bicyclic) bond motifs is 1. The van der Waals surface area contributed by atoms with Crippen LogP contribution in [-0.2, 0) is 22.6 Å². The maximum Gasteiger partial charge on any atom is 0.408 e. The lowest BCUT2D eigenvalue weighted by Gasteiger charge is -2.28. The van der Waals surface area contributed by atoms with Crippen molar-refractivity contribution in [2.45, 2.75) is 59.7 Å². The number of hydrogen-bond acceptors (Lipinski definition) is 4. The highest BCUT2D eigenvalue weighted by Crippen LogP contribution is 2.31. The van der Waals surface area contributed by atoms with E-state index >= 15 is 0 Å². The summed E-state index contributed by atoms with van der Waals surface area (Å²) in [6.45, 7) is 10.8. The highest BCUT2D eigenvalue weighted by atomic mass is 79.9. The van der Waals surface area contributed by atoms with Gasteiger partial charge >= 0.3 is 6.09 Å². The number of ether oxygens (including phenoxy) is 1. The van der Waals surface area contributed by atoms with Crippen LogP contribution in [0.5, 0.6) is 0 Å². The molecular weight excluding hydrogens is 467 g/mol. The molecule has 1 aromatic heterocycles. The third-order valence-electron chi connectivity index (χ3n) is 4.16. The van der Waals surface area contributed by atoms with E-state index in [0.29, 0.717) is 25.3 Å². The molecule has 31 heavy (non-hydrogen) atoms. The zero-order valence-electron chi connectivity index (χ0n) is 18.7. The second-order valence-electron chi connectivity index (χ2n) is 8.20. The standard InChI is InChI=1S/C19H22BrFN4O3.C3H8/c1-19(2,3)28-18(27)22-10-15(26)24-8-9-25-14(11-24)23-16(17(25)20)12-4-6-13(21)7-5-12;1-3-2/h4-7H,8-11H2,1-3H3,(H,22,27);3H2,1-2H3. The molecule has 0 fully saturated rings. The van der Waals surface area contributed by atoms with Gasteiger partial charge in [-0.3, -0.25) is 4.79 Å². The summed E-state index contributed by atoms with van der Waals surface area (Å²) in [5.74, 6) is 0.209. The Balaban J connectivity index is 0.00000107. The first kappa shape index (κ1) is 24.8. The molecule has 1 aliphatic rings. The van der Waals surface area contributed by atoms with Crippen molar-refractivity contribution in [3.8, 4) is 11.3 Å². The van der Waals surface area contributed by atoms with Crippen molar-refractivity contribution in [1.29, 1.82) is 0 Å². The number of amides is 2. The Morgan fingerprint density at radius 3 is 2.39 bits per heavy atom. The Morgan fingerprint density at radius 2 is 1.81 bits per heavy atom. The van der Waals surface area contributed by atoms with Crippen LogP contribution in [0.15, 0.2) is 28.9 Å². The summed E-state index contributed by atoms with van der Waals surface area (Å²) in [5, 5.41) is 2.48. The van der Waals surface area contributed by atoms with Crippen molar-refractivity contribution < 1.29 is 18.7 Å². The summed E-state index contributed by atoms with van der Waals surface area (Å²) in [7, 11) is 0. The molecular formula is C22H30BrFN4O3. The summed E-state index contributed by atoms with van der Waals surface area (Å²) >= 11 is 3.56. The Bertz CT molecular complexity index is 907. The fourth-order valence-corrected chi connectivity index (χ4v) is 3.57. The number of aromatic nitrogens is 2. The first-order valence-electron chi connectivity index (χ1n) is 10.3. The van der Waals surface area contributed by atoms with Crippen LogP contribution in [0.1, 0.15) is 46.9 Å². The minimum atomic E-state index is -0.624. The van der Waals surface area contributed by atoms with Gasteiger partial charge in [0.25, 0.3) is 0 Å². The highest BCUT2D eigenvalue weighted by Gasteiger charge is 2.26. The number of alkyl carbamates (subject to hydrolysis) is 1. The molecule has 1 aromatic carbocycles. The van der Waals surface area contributed by atoms with E-state index in [1.54, 1.807) is 37.8 Å². The van der Waals surface area contributed by atoms with Crippen LogP contribution in [0.25, 0.3) is 11.3 Å². The smallest absolute Gasteiger partial charge is 0.408 e. The molecule has 0 spiro atoms. The van der Waals surface area contributed by atoms with Crippen LogP contribution in [0.4, 0.5) is 9.18 Å². The summed E-state index contributed by atoms with van der Waals surface area (Å²) in [5.41, 5.74) is 0.877. The van der Waals surface area contributed by atoms with Crippen molar-refractivity contribution in [1.82, 2.24) is 19.8 Å². The van der Waals surface area contributed by atoms with Crippen LogP contribution in [-0.4, -0.2) is 45.1 Å². The van der Waals surface area contributed by atoms with E-state index < -0.39 is 11.7 Å². The predicted octanol–water partition coefficient (Wildman–Crippen LogP) is 4.73. The number of carbonyl (C=O) groups excluding carboxylic acids is 2. The van der Waals surface area contributed by atoms with E-state index in [4.69, 9.17) is 4.74 Å². The van der Waals surface area contributed by atoms with Crippen molar-refractivity contribution in [3.05, 3.63) is 40.5 Å². The maximum absolute atomic E-state index is 13.2. The van der Waals surface area contributed by atoms with E-state index in [2.05, 4.69) is 40.1 Å². The SMILES string of the molecule is CC(C)(C)OC(=O)NCC(=O)N1CCn2c(nc(-c3ccc(F)cc3)c2Br)C1.CCC. The largest absolute Gasteiger partial charge is 0.444 e. The lowest BCUT2D eigenvalue weighted by atomic mass is 10.2. The normalized spacial score (nSPS) is 13.1. The molecule has 2 amide bonds. The number of halogens is 2. The molecule has 0 unspecified atom stereocenters. The van der Waals surface area contributed by atoms with E-state index in [9.17, 15) is 14.0 Å². The van der Waals surface area contributed by atoms with Gasteiger partial charge in [-0.25, -0.2) is 14.2 Å². The zero-order valence-corrected chi connectivity index (χ0v) is 20.3. The molecule has 2 aromatic rings. The topological polar surface area (TPSA) is 76.5 Å². The molecule has 0 aliphatic carbocycles. The molecule has 1 N–H and O–H groups in total. The molecule has 0 atom stereocenters. The highest BCUT2D eigenvalue weighted by molar-refractivity contribution is 9.10. The van der Waals surface area contributed by atoms with Gasteiger partial charge in [0.2, 0.25) is 5.91 Å². The average Bonchev–Trinajstić information content (AvgIpc) is 3.02. The fraction of sp³-hybridized carbons (Fsp3) is 0.500. The Kier molecular flexibility index (Phi) is 8.61. The van der Waals surface area contributed by atoms with Gasteiger partial charge < -0.3 is 19.5 Å². The van der Waals surface area contributed by atoms with Gasteiger partial charge in [0.15, 0.2) is 0 Å².